The third-order valence-corrected chi connectivity index (χ3v) is 4.34. The van der Waals surface area contributed by atoms with Crippen LogP contribution in [0.3, 0.4) is 0 Å². The van der Waals surface area contributed by atoms with Crippen LogP contribution in [0.1, 0.15) is 31.4 Å². The lowest BCUT2D eigenvalue weighted by Gasteiger charge is -2.21. The van der Waals surface area contributed by atoms with Crippen LogP contribution < -0.4 is 11.4 Å². The molecular weight excluding hydrogens is 310 g/mol. The van der Waals surface area contributed by atoms with Gasteiger partial charge in [0.1, 0.15) is 0 Å². The first kappa shape index (κ1) is 12.9. The average Bonchev–Trinajstić information content (AvgIpc) is 2.92. The Balaban J connectivity index is 1.99. The third-order valence-electron chi connectivity index (χ3n) is 3.66. The molecule has 3 rings (SSSR count). The predicted octanol–water partition coefficient (Wildman–Crippen LogP) is 2.19. The third kappa shape index (κ3) is 2.35. The van der Waals surface area contributed by atoms with Gasteiger partial charge in [-0.05, 0) is 37.5 Å². The van der Waals surface area contributed by atoms with Crippen molar-refractivity contribution in [3.63, 3.8) is 0 Å². The van der Waals surface area contributed by atoms with E-state index in [2.05, 4.69) is 32.8 Å². The van der Waals surface area contributed by atoms with Gasteiger partial charge in [-0.25, -0.2) is 4.79 Å². The second-order valence-electron chi connectivity index (χ2n) is 5.09. The average molecular weight is 326 g/mol. The van der Waals surface area contributed by atoms with Crippen molar-refractivity contribution in [1.29, 1.82) is 0 Å². The van der Waals surface area contributed by atoms with E-state index in [1.54, 1.807) is 0 Å². The van der Waals surface area contributed by atoms with Crippen LogP contribution in [0.2, 0.25) is 0 Å². The molecule has 0 aliphatic carbocycles. The summed E-state index contributed by atoms with van der Waals surface area (Å²) in [5.74, 6) is 0. The van der Waals surface area contributed by atoms with Crippen molar-refractivity contribution in [3.8, 4) is 0 Å². The van der Waals surface area contributed by atoms with Crippen molar-refractivity contribution in [1.82, 2.24) is 9.97 Å². The quantitative estimate of drug-likeness (QED) is 0.791. The Morgan fingerprint density at radius 3 is 2.68 bits per heavy atom. The van der Waals surface area contributed by atoms with Crippen molar-refractivity contribution in [2.24, 2.45) is 5.73 Å². The molecule has 3 unspecified atom stereocenters. The summed E-state index contributed by atoms with van der Waals surface area (Å²) in [5, 5.41) is 0. The maximum Gasteiger partial charge on any atom is 0.323 e. The Morgan fingerprint density at radius 2 is 2.05 bits per heavy atom. The molecule has 0 radical (unpaired) electrons. The summed E-state index contributed by atoms with van der Waals surface area (Å²) in [7, 11) is 0. The van der Waals surface area contributed by atoms with Crippen molar-refractivity contribution in [2.45, 2.75) is 38.0 Å². The summed E-state index contributed by atoms with van der Waals surface area (Å²) >= 11 is 3.52. The number of hydrogen-bond donors (Lipinski definition) is 3. The lowest BCUT2D eigenvalue weighted by Crippen LogP contribution is -2.26. The number of nitrogens with two attached hydrogens (primary N) is 1. The first-order valence-electron chi connectivity index (χ1n) is 6.37. The summed E-state index contributed by atoms with van der Waals surface area (Å²) in [6, 6.07) is 3.59. The van der Waals surface area contributed by atoms with Gasteiger partial charge in [0.05, 0.1) is 29.3 Å². The minimum atomic E-state index is -0.210. The van der Waals surface area contributed by atoms with E-state index in [4.69, 9.17) is 10.5 Å². The number of H-pyrrole nitrogens is 2. The highest BCUT2D eigenvalue weighted by Crippen LogP contribution is 2.33. The molecule has 0 spiro atoms. The molecule has 2 aromatic rings. The summed E-state index contributed by atoms with van der Waals surface area (Å²) in [4.78, 5) is 16.8. The van der Waals surface area contributed by atoms with Crippen LogP contribution in [0.4, 0.5) is 0 Å². The van der Waals surface area contributed by atoms with Crippen LogP contribution >= 0.6 is 15.9 Å². The molecule has 4 N–H and O–H groups in total. The highest BCUT2D eigenvalue weighted by atomic mass is 79.9. The second kappa shape index (κ2) is 4.77. The van der Waals surface area contributed by atoms with Gasteiger partial charge in [-0.3, -0.25) is 0 Å². The van der Waals surface area contributed by atoms with E-state index in [0.29, 0.717) is 0 Å². The summed E-state index contributed by atoms with van der Waals surface area (Å²) in [6.45, 7) is 2.06. The van der Waals surface area contributed by atoms with Gasteiger partial charge in [-0.1, -0.05) is 15.9 Å². The molecule has 1 aliphatic heterocycles. The number of aromatic amines is 2. The highest BCUT2D eigenvalue weighted by molar-refractivity contribution is 9.10. The molecule has 0 amide bonds. The Morgan fingerprint density at radius 1 is 1.37 bits per heavy atom. The first-order valence-corrected chi connectivity index (χ1v) is 7.16. The number of benzene rings is 1. The summed E-state index contributed by atoms with van der Waals surface area (Å²) in [5.41, 5.74) is 8.59. The van der Waals surface area contributed by atoms with Gasteiger partial charge in [0.15, 0.2) is 0 Å². The fourth-order valence-corrected chi connectivity index (χ4v) is 3.23. The van der Waals surface area contributed by atoms with Crippen LogP contribution in [0, 0.1) is 0 Å². The minimum Gasteiger partial charge on any atom is -0.373 e. The number of hydrogen-bond acceptors (Lipinski definition) is 3. The largest absolute Gasteiger partial charge is 0.373 e. The highest BCUT2D eigenvalue weighted by Gasteiger charge is 2.29. The number of imidazole rings is 1. The normalized spacial score (nSPS) is 25.0. The predicted molar refractivity (Wildman–Crippen MR) is 77.1 cm³/mol. The fraction of sp³-hybridized carbons (Fsp3) is 0.462. The van der Waals surface area contributed by atoms with E-state index in [9.17, 15) is 4.79 Å². The smallest absolute Gasteiger partial charge is 0.323 e. The number of fused-ring (bicyclic) bond motifs is 1. The molecule has 0 saturated carbocycles. The zero-order valence-corrected chi connectivity index (χ0v) is 12.2. The van der Waals surface area contributed by atoms with Gasteiger partial charge >= 0.3 is 5.69 Å². The Bertz CT molecular complexity index is 663. The molecule has 0 bridgehead atoms. The molecule has 1 aromatic heterocycles. The fourth-order valence-electron chi connectivity index (χ4n) is 2.63. The molecule has 1 fully saturated rings. The minimum absolute atomic E-state index is 0.0365. The van der Waals surface area contributed by atoms with E-state index in [1.165, 1.54) is 0 Å². The monoisotopic (exact) mass is 325 g/mol. The van der Waals surface area contributed by atoms with Gasteiger partial charge in [0.25, 0.3) is 0 Å². The zero-order chi connectivity index (χ0) is 13.6. The van der Waals surface area contributed by atoms with Gasteiger partial charge in [-0.2, -0.15) is 0 Å². The standard InChI is InChI=1S/C13H16BrN3O2/c1-6-2-3-11(19-6)12(15)7-4-9-10(5-8(7)14)17-13(18)16-9/h4-6,11-12H,2-3,15H2,1H3,(H2,16,17,18). The molecule has 5 nitrogen and oxygen atoms in total. The van der Waals surface area contributed by atoms with E-state index < -0.39 is 0 Å². The molecular formula is C13H16BrN3O2. The zero-order valence-electron chi connectivity index (χ0n) is 10.6. The maximum absolute atomic E-state index is 11.3. The molecule has 1 aliphatic rings. The Hall–Kier alpha value is -1.11. The van der Waals surface area contributed by atoms with Crippen LogP contribution in [-0.4, -0.2) is 22.2 Å². The van der Waals surface area contributed by atoms with Gasteiger partial charge in [0.2, 0.25) is 0 Å². The van der Waals surface area contributed by atoms with E-state index in [1.807, 2.05) is 12.1 Å². The van der Waals surface area contributed by atoms with E-state index >= 15 is 0 Å². The van der Waals surface area contributed by atoms with Crippen molar-refractivity contribution < 1.29 is 4.74 Å². The lowest BCUT2D eigenvalue weighted by molar-refractivity contribution is 0.0400. The van der Waals surface area contributed by atoms with Gasteiger partial charge in [0, 0.05) is 4.47 Å². The summed E-state index contributed by atoms with van der Waals surface area (Å²) in [6.07, 6.45) is 2.32. The van der Waals surface area contributed by atoms with E-state index in [-0.39, 0.29) is 23.9 Å². The van der Waals surface area contributed by atoms with Crippen LogP contribution in [0.15, 0.2) is 21.4 Å². The molecule has 102 valence electrons. The van der Waals surface area contributed by atoms with Crippen molar-refractivity contribution in [3.05, 3.63) is 32.7 Å². The van der Waals surface area contributed by atoms with Crippen LogP contribution in [0.25, 0.3) is 11.0 Å². The number of ether oxygens (including phenoxy) is 1. The van der Waals surface area contributed by atoms with Gasteiger partial charge < -0.3 is 20.4 Å². The molecule has 1 saturated heterocycles. The molecule has 19 heavy (non-hydrogen) atoms. The summed E-state index contributed by atoms with van der Waals surface area (Å²) < 4.78 is 6.72. The first-order chi connectivity index (χ1) is 9.04. The van der Waals surface area contributed by atoms with Crippen LogP contribution in [-0.2, 0) is 4.74 Å². The molecule has 2 heterocycles. The number of nitrogens with one attached hydrogen (secondary N) is 2. The molecule has 1 aromatic carbocycles. The van der Waals surface area contributed by atoms with Crippen molar-refractivity contribution >= 4 is 27.0 Å². The van der Waals surface area contributed by atoms with E-state index in [0.717, 1.165) is 33.9 Å². The van der Waals surface area contributed by atoms with Crippen molar-refractivity contribution in [2.75, 3.05) is 0 Å². The molecule has 3 atom stereocenters. The maximum atomic E-state index is 11.3. The number of rotatable bonds is 2. The molecule has 6 heteroatoms. The van der Waals surface area contributed by atoms with Crippen LogP contribution in [0.5, 0.6) is 0 Å². The SMILES string of the molecule is CC1CCC(C(N)c2cc3[nH]c(=O)[nH]c3cc2Br)O1. The number of aromatic nitrogens is 2. The lowest BCUT2D eigenvalue weighted by atomic mass is 9.99. The topological polar surface area (TPSA) is 83.9 Å². The Labute approximate surface area is 118 Å². The second-order valence-corrected chi connectivity index (χ2v) is 5.94. The Kier molecular flexibility index (Phi) is 3.24. The van der Waals surface area contributed by atoms with Gasteiger partial charge in [-0.15, -0.1) is 0 Å². The number of halogens is 1.